The molecule has 5 nitrogen and oxygen atoms in total. The Morgan fingerprint density at radius 2 is 1.86 bits per heavy atom. The summed E-state index contributed by atoms with van der Waals surface area (Å²) in [5.74, 6) is 1.29. The van der Waals surface area contributed by atoms with Gasteiger partial charge in [0, 0.05) is 11.0 Å². The summed E-state index contributed by atoms with van der Waals surface area (Å²) in [6.45, 7) is 1.44. The second kappa shape index (κ2) is 4.81. The summed E-state index contributed by atoms with van der Waals surface area (Å²) in [6.07, 6.45) is 6.66. The fraction of sp³-hybridized carbons (Fsp3) is 0.500. The van der Waals surface area contributed by atoms with Gasteiger partial charge in [-0.05, 0) is 36.8 Å². The molecule has 2 aliphatic carbocycles. The Morgan fingerprint density at radius 1 is 1.14 bits per heavy atom. The van der Waals surface area contributed by atoms with Crippen molar-refractivity contribution in [1.82, 2.24) is 0 Å². The molecule has 1 saturated carbocycles. The largest absolute Gasteiger partial charge is 0.733 e. The Kier molecular flexibility index (Phi) is 3.04. The van der Waals surface area contributed by atoms with Crippen LogP contribution >= 0.6 is 0 Å². The Bertz CT molecular complexity index is 546. The maximum Gasteiger partial charge on any atom is 0.183 e. The summed E-state index contributed by atoms with van der Waals surface area (Å²) in [4.78, 5) is 0. The highest BCUT2D eigenvalue weighted by atomic mass is 16.8. The molecule has 0 unspecified atom stereocenters. The molecule has 21 heavy (non-hydrogen) atoms. The molecular weight excluding hydrogens is 270 g/mol. The molecule has 1 heterocycles. The monoisotopic (exact) mass is 288 g/mol. The summed E-state index contributed by atoms with van der Waals surface area (Å²) in [6, 6.07) is 6.61. The van der Waals surface area contributed by atoms with Gasteiger partial charge in [0.05, 0.1) is 18.9 Å². The molecule has 1 aromatic rings. The van der Waals surface area contributed by atoms with Crippen LogP contribution in [0.2, 0.25) is 0 Å². The minimum Gasteiger partial charge on any atom is -0.733 e. The van der Waals surface area contributed by atoms with Crippen molar-refractivity contribution in [3.8, 4) is 0 Å². The number of ether oxygens (including phenoxy) is 2. The topological polar surface area (TPSA) is 65.0 Å². The Balaban J connectivity index is 1.44. The number of benzene rings is 1. The minimum atomic E-state index is -0.383. The van der Waals surface area contributed by atoms with Crippen molar-refractivity contribution in [2.75, 3.05) is 18.4 Å². The zero-order valence-electron chi connectivity index (χ0n) is 11.6. The van der Waals surface area contributed by atoms with Gasteiger partial charge in [-0.1, -0.05) is 24.3 Å². The molecule has 1 N–H and O–H groups in total. The molecule has 0 aromatic heterocycles. The molecular formula is C16H18NO4-. The van der Waals surface area contributed by atoms with E-state index >= 15 is 0 Å². The quantitative estimate of drug-likeness (QED) is 0.669. The van der Waals surface area contributed by atoms with Crippen LogP contribution in [0.1, 0.15) is 24.7 Å². The Hall–Kier alpha value is -1.40. The van der Waals surface area contributed by atoms with Crippen molar-refractivity contribution in [3.63, 3.8) is 0 Å². The van der Waals surface area contributed by atoms with Gasteiger partial charge in [-0.2, -0.15) is 0 Å². The third-order valence-electron chi connectivity index (χ3n) is 5.06. The zero-order valence-corrected chi connectivity index (χ0v) is 11.6. The lowest BCUT2D eigenvalue weighted by Gasteiger charge is -2.41. The van der Waals surface area contributed by atoms with Crippen LogP contribution in [0, 0.1) is 22.5 Å². The van der Waals surface area contributed by atoms with E-state index in [1.54, 1.807) is 24.3 Å². The first-order valence-electron chi connectivity index (χ1n) is 7.34. The van der Waals surface area contributed by atoms with Crippen molar-refractivity contribution >= 4 is 5.69 Å². The molecule has 0 radical (unpaired) electrons. The number of hydrogen-bond acceptors (Lipinski definition) is 5. The third-order valence-corrected chi connectivity index (χ3v) is 5.06. The molecule has 3 aliphatic rings. The van der Waals surface area contributed by atoms with Gasteiger partial charge in [0.15, 0.2) is 6.29 Å². The van der Waals surface area contributed by atoms with Crippen molar-refractivity contribution in [3.05, 3.63) is 47.2 Å². The van der Waals surface area contributed by atoms with Crippen LogP contribution in [-0.4, -0.2) is 18.4 Å². The fourth-order valence-corrected chi connectivity index (χ4v) is 3.91. The lowest BCUT2D eigenvalue weighted by Crippen LogP contribution is -2.41. The van der Waals surface area contributed by atoms with E-state index in [0.717, 1.165) is 25.2 Å². The number of fused-ring (bicyclic) bond motifs is 3. The highest BCUT2D eigenvalue weighted by Crippen LogP contribution is 2.54. The van der Waals surface area contributed by atoms with Crippen LogP contribution in [-0.2, 0) is 9.47 Å². The first-order chi connectivity index (χ1) is 10.2. The van der Waals surface area contributed by atoms with Gasteiger partial charge >= 0.3 is 0 Å². The number of anilines is 1. The van der Waals surface area contributed by atoms with Gasteiger partial charge in [-0.3, -0.25) is 5.21 Å². The zero-order chi connectivity index (χ0) is 14.4. The minimum absolute atomic E-state index is 0.150. The SMILES string of the molecule is [O-]N(O)c1ccc(C2OCC3(CO2)C[C@H]2C=C[C@H]3C2)cc1. The number of allylic oxidation sites excluding steroid dienone is 2. The predicted octanol–water partition coefficient (Wildman–Crippen LogP) is 3.01. The highest BCUT2D eigenvalue weighted by molar-refractivity contribution is 5.45. The lowest BCUT2D eigenvalue weighted by atomic mass is 9.76. The van der Waals surface area contributed by atoms with E-state index in [4.69, 9.17) is 14.7 Å². The standard InChI is InChI=1S/C16H18NO4/c18-17(19)14-5-2-12(3-6-14)15-20-9-16(10-21-15)8-11-1-4-13(16)7-11/h1-6,11,13,15,18H,7-10H2/q-1/t11-,13-,15?,16?/m0/s1. The van der Waals surface area contributed by atoms with Crippen LogP contribution in [0.3, 0.4) is 0 Å². The molecule has 5 heteroatoms. The Morgan fingerprint density at radius 3 is 2.38 bits per heavy atom. The number of hydrogen-bond donors (Lipinski definition) is 1. The van der Waals surface area contributed by atoms with Gasteiger partial charge in [-0.25, -0.2) is 0 Å². The van der Waals surface area contributed by atoms with Crippen molar-refractivity contribution in [2.45, 2.75) is 19.1 Å². The fourth-order valence-electron chi connectivity index (χ4n) is 3.91. The maximum absolute atomic E-state index is 10.8. The average Bonchev–Trinajstić information content (AvgIpc) is 3.09. The van der Waals surface area contributed by atoms with E-state index in [-0.39, 0.29) is 22.6 Å². The van der Waals surface area contributed by atoms with Gasteiger partial charge in [-0.15, -0.1) is 0 Å². The molecule has 4 rings (SSSR count). The van der Waals surface area contributed by atoms with Gasteiger partial charge in [0.2, 0.25) is 0 Å². The molecule has 2 atom stereocenters. The number of rotatable bonds is 2. The van der Waals surface area contributed by atoms with E-state index in [2.05, 4.69) is 12.2 Å². The molecule has 1 aliphatic heterocycles. The first kappa shape index (κ1) is 13.3. The lowest BCUT2D eigenvalue weighted by molar-refractivity contribution is -0.239. The second-order valence-electron chi connectivity index (χ2n) is 6.37. The van der Waals surface area contributed by atoms with Gasteiger partial charge in [0.25, 0.3) is 0 Å². The van der Waals surface area contributed by atoms with Gasteiger partial charge < -0.3 is 19.9 Å². The van der Waals surface area contributed by atoms with E-state index in [1.165, 1.54) is 6.42 Å². The van der Waals surface area contributed by atoms with Crippen molar-refractivity contribution < 1.29 is 14.7 Å². The predicted molar refractivity (Wildman–Crippen MR) is 76.5 cm³/mol. The summed E-state index contributed by atoms with van der Waals surface area (Å²) in [5.41, 5.74) is 1.23. The first-order valence-corrected chi connectivity index (χ1v) is 7.34. The van der Waals surface area contributed by atoms with E-state index in [1.807, 2.05) is 0 Å². The molecule has 112 valence electrons. The third kappa shape index (κ3) is 2.17. The molecule has 2 bridgehead atoms. The van der Waals surface area contributed by atoms with Crippen molar-refractivity contribution in [1.29, 1.82) is 0 Å². The molecule has 1 spiro atoms. The van der Waals surface area contributed by atoms with E-state index < -0.39 is 0 Å². The van der Waals surface area contributed by atoms with Gasteiger partial charge in [0.1, 0.15) is 0 Å². The molecule has 2 fully saturated rings. The summed E-state index contributed by atoms with van der Waals surface area (Å²) in [5, 5.41) is 19.5. The molecule has 1 saturated heterocycles. The van der Waals surface area contributed by atoms with E-state index in [0.29, 0.717) is 11.8 Å². The highest BCUT2D eigenvalue weighted by Gasteiger charge is 2.51. The van der Waals surface area contributed by atoms with Crippen LogP contribution in [0.15, 0.2) is 36.4 Å². The summed E-state index contributed by atoms with van der Waals surface area (Å²) >= 11 is 0. The normalized spacial score (nSPS) is 37.3. The average molecular weight is 288 g/mol. The van der Waals surface area contributed by atoms with Crippen LogP contribution < -0.4 is 5.23 Å². The maximum atomic E-state index is 10.8. The molecule has 0 amide bonds. The van der Waals surface area contributed by atoms with Crippen LogP contribution in [0.25, 0.3) is 0 Å². The van der Waals surface area contributed by atoms with Crippen LogP contribution in [0.4, 0.5) is 5.69 Å². The Labute approximate surface area is 123 Å². The van der Waals surface area contributed by atoms with E-state index in [9.17, 15) is 5.21 Å². The van der Waals surface area contributed by atoms with Crippen molar-refractivity contribution in [2.24, 2.45) is 17.3 Å². The summed E-state index contributed by atoms with van der Waals surface area (Å²) in [7, 11) is 0. The smallest absolute Gasteiger partial charge is 0.183 e. The number of nitrogens with zero attached hydrogens (tertiary/aromatic N) is 1. The molecule has 1 aromatic carbocycles. The summed E-state index contributed by atoms with van der Waals surface area (Å²) < 4.78 is 11.9. The van der Waals surface area contributed by atoms with Crippen LogP contribution in [0.5, 0.6) is 0 Å². The second-order valence-corrected chi connectivity index (χ2v) is 6.37.